The lowest BCUT2D eigenvalue weighted by Gasteiger charge is -2.11. The Labute approximate surface area is 99.3 Å². The van der Waals surface area contributed by atoms with Crippen LogP contribution < -0.4 is 0 Å². The van der Waals surface area contributed by atoms with Crippen LogP contribution in [0.1, 0.15) is 10.4 Å². The van der Waals surface area contributed by atoms with Crippen molar-refractivity contribution in [2.75, 3.05) is 20.8 Å². The molecule has 0 heterocycles. The number of ether oxygens (including phenoxy) is 3. The predicted octanol–water partition coefficient (Wildman–Crippen LogP) is 1.03. The van der Waals surface area contributed by atoms with Gasteiger partial charge in [-0.05, 0) is 0 Å². The molecule has 0 saturated heterocycles. The molecule has 0 bridgehead atoms. The number of rotatable bonds is 6. The Morgan fingerprint density at radius 2 is 1.71 bits per heavy atom. The van der Waals surface area contributed by atoms with Crippen LogP contribution in [0, 0.1) is 0 Å². The monoisotopic (exact) mass is 238 g/mol. The van der Waals surface area contributed by atoms with Crippen molar-refractivity contribution < 1.29 is 23.8 Å². The molecule has 17 heavy (non-hydrogen) atoms. The van der Waals surface area contributed by atoms with Gasteiger partial charge >= 0.3 is 5.97 Å². The zero-order valence-corrected chi connectivity index (χ0v) is 9.71. The third kappa shape index (κ3) is 3.97. The number of benzene rings is 1. The number of methoxy groups -OCH3 is 2. The van der Waals surface area contributed by atoms with E-state index < -0.39 is 12.3 Å². The van der Waals surface area contributed by atoms with Crippen LogP contribution in [0.2, 0.25) is 0 Å². The molecular formula is C12H14O5. The second kappa shape index (κ2) is 6.78. The Bertz CT molecular complexity index is 370. The summed E-state index contributed by atoms with van der Waals surface area (Å²) in [6.07, 6.45) is -1.10. The highest BCUT2D eigenvalue weighted by Crippen LogP contribution is 2.01. The Morgan fingerprint density at radius 3 is 2.24 bits per heavy atom. The number of ketones is 1. The van der Waals surface area contributed by atoms with Gasteiger partial charge in [-0.3, -0.25) is 4.79 Å². The SMILES string of the molecule is COC(OC)C(=O)OCC(=O)c1ccccc1. The Balaban J connectivity index is 2.46. The zero-order valence-electron chi connectivity index (χ0n) is 9.71. The van der Waals surface area contributed by atoms with Crippen molar-refractivity contribution in [3.8, 4) is 0 Å². The van der Waals surface area contributed by atoms with Gasteiger partial charge in [-0.2, -0.15) is 0 Å². The van der Waals surface area contributed by atoms with Gasteiger partial charge in [0.1, 0.15) is 0 Å². The number of Topliss-reactive ketones (excluding diaryl/α,β-unsaturated/α-hetero) is 1. The summed E-state index contributed by atoms with van der Waals surface area (Å²) >= 11 is 0. The van der Waals surface area contributed by atoms with Gasteiger partial charge in [0.15, 0.2) is 12.4 Å². The summed E-state index contributed by atoms with van der Waals surface area (Å²) in [6.45, 7) is -0.327. The summed E-state index contributed by atoms with van der Waals surface area (Å²) in [6, 6.07) is 8.58. The largest absolute Gasteiger partial charge is 0.454 e. The van der Waals surface area contributed by atoms with Crippen LogP contribution in [0.15, 0.2) is 30.3 Å². The van der Waals surface area contributed by atoms with Gasteiger partial charge in [0.05, 0.1) is 0 Å². The van der Waals surface area contributed by atoms with Crippen molar-refractivity contribution in [3.05, 3.63) is 35.9 Å². The topological polar surface area (TPSA) is 61.8 Å². The van der Waals surface area contributed by atoms with E-state index in [9.17, 15) is 9.59 Å². The van der Waals surface area contributed by atoms with Crippen molar-refractivity contribution in [1.82, 2.24) is 0 Å². The number of hydrogen-bond donors (Lipinski definition) is 0. The van der Waals surface area contributed by atoms with E-state index in [0.717, 1.165) is 0 Å². The zero-order chi connectivity index (χ0) is 12.7. The predicted molar refractivity (Wildman–Crippen MR) is 59.5 cm³/mol. The molecule has 1 rings (SSSR count). The maximum atomic E-state index is 11.6. The van der Waals surface area contributed by atoms with Gasteiger partial charge in [-0.15, -0.1) is 0 Å². The number of carbonyl (C=O) groups is 2. The van der Waals surface area contributed by atoms with Gasteiger partial charge < -0.3 is 14.2 Å². The molecule has 0 aromatic heterocycles. The average molecular weight is 238 g/mol. The van der Waals surface area contributed by atoms with Gasteiger partial charge in [0, 0.05) is 19.8 Å². The van der Waals surface area contributed by atoms with E-state index >= 15 is 0 Å². The molecule has 0 fully saturated rings. The third-order valence-electron chi connectivity index (χ3n) is 2.06. The fraction of sp³-hybridized carbons (Fsp3) is 0.333. The minimum atomic E-state index is -1.10. The van der Waals surface area contributed by atoms with Crippen molar-refractivity contribution >= 4 is 11.8 Å². The van der Waals surface area contributed by atoms with Gasteiger partial charge in [-0.1, -0.05) is 30.3 Å². The average Bonchev–Trinajstić information content (AvgIpc) is 2.38. The highest BCUT2D eigenvalue weighted by molar-refractivity contribution is 5.97. The van der Waals surface area contributed by atoms with E-state index in [4.69, 9.17) is 14.2 Å². The number of carbonyl (C=O) groups excluding carboxylic acids is 2. The van der Waals surface area contributed by atoms with Crippen molar-refractivity contribution in [1.29, 1.82) is 0 Å². The van der Waals surface area contributed by atoms with E-state index in [1.807, 2.05) is 0 Å². The van der Waals surface area contributed by atoms with Crippen LogP contribution in [0.5, 0.6) is 0 Å². The summed E-state index contributed by atoms with van der Waals surface area (Å²) in [5, 5.41) is 0. The van der Waals surface area contributed by atoms with Crippen molar-refractivity contribution in [2.45, 2.75) is 6.29 Å². The summed E-state index contributed by atoms with van der Waals surface area (Å²) in [7, 11) is 2.63. The molecule has 0 N–H and O–H groups in total. The van der Waals surface area contributed by atoms with E-state index in [0.29, 0.717) is 5.56 Å². The van der Waals surface area contributed by atoms with Crippen LogP contribution >= 0.6 is 0 Å². The van der Waals surface area contributed by atoms with Crippen LogP contribution in [0.4, 0.5) is 0 Å². The maximum Gasteiger partial charge on any atom is 0.363 e. The van der Waals surface area contributed by atoms with Gasteiger partial charge in [-0.25, -0.2) is 4.79 Å². The number of hydrogen-bond acceptors (Lipinski definition) is 5. The molecule has 0 amide bonds. The molecule has 0 saturated carbocycles. The summed E-state index contributed by atoms with van der Waals surface area (Å²) in [5.41, 5.74) is 0.492. The van der Waals surface area contributed by atoms with E-state index in [1.165, 1.54) is 14.2 Å². The lowest BCUT2D eigenvalue weighted by atomic mass is 10.1. The first kappa shape index (κ1) is 13.3. The Morgan fingerprint density at radius 1 is 1.12 bits per heavy atom. The molecular weight excluding hydrogens is 224 g/mol. The first-order valence-electron chi connectivity index (χ1n) is 4.99. The van der Waals surface area contributed by atoms with Gasteiger partial charge in [0.25, 0.3) is 6.29 Å². The fourth-order valence-corrected chi connectivity index (χ4v) is 1.20. The molecule has 92 valence electrons. The van der Waals surface area contributed by atoms with Gasteiger partial charge in [0.2, 0.25) is 0 Å². The molecule has 0 aliphatic heterocycles. The second-order valence-corrected chi connectivity index (χ2v) is 3.20. The smallest absolute Gasteiger partial charge is 0.363 e. The highest BCUT2D eigenvalue weighted by atomic mass is 16.7. The third-order valence-corrected chi connectivity index (χ3v) is 2.06. The van der Waals surface area contributed by atoms with Crippen LogP contribution in [-0.2, 0) is 19.0 Å². The Hall–Kier alpha value is -1.72. The standard InChI is InChI=1S/C12H14O5/c1-15-12(16-2)11(14)17-8-10(13)9-6-4-3-5-7-9/h3-7,12H,8H2,1-2H3. The van der Waals surface area contributed by atoms with Crippen molar-refractivity contribution in [3.63, 3.8) is 0 Å². The molecule has 0 aliphatic rings. The van der Waals surface area contributed by atoms with E-state index in [-0.39, 0.29) is 12.4 Å². The lowest BCUT2D eigenvalue weighted by Crippen LogP contribution is -2.28. The summed E-state index contributed by atoms with van der Waals surface area (Å²) in [4.78, 5) is 22.9. The fourth-order valence-electron chi connectivity index (χ4n) is 1.20. The van der Waals surface area contributed by atoms with Crippen LogP contribution in [0.25, 0.3) is 0 Å². The minimum Gasteiger partial charge on any atom is -0.454 e. The molecule has 0 spiro atoms. The molecule has 0 atom stereocenters. The molecule has 5 heteroatoms. The van der Waals surface area contributed by atoms with Crippen molar-refractivity contribution in [2.24, 2.45) is 0 Å². The summed E-state index contributed by atoms with van der Waals surface area (Å²) < 4.78 is 14.1. The highest BCUT2D eigenvalue weighted by Gasteiger charge is 2.19. The van der Waals surface area contributed by atoms with E-state index in [1.54, 1.807) is 30.3 Å². The quantitative estimate of drug-likeness (QED) is 0.421. The molecule has 5 nitrogen and oxygen atoms in total. The molecule has 1 aromatic carbocycles. The maximum absolute atomic E-state index is 11.6. The normalized spacial score (nSPS) is 10.3. The first-order valence-corrected chi connectivity index (χ1v) is 4.99. The van der Waals surface area contributed by atoms with Crippen LogP contribution in [-0.4, -0.2) is 38.9 Å². The van der Waals surface area contributed by atoms with E-state index in [2.05, 4.69) is 0 Å². The molecule has 0 aliphatic carbocycles. The number of esters is 1. The Kier molecular flexibility index (Phi) is 5.32. The molecule has 1 aromatic rings. The molecule has 0 radical (unpaired) electrons. The van der Waals surface area contributed by atoms with Crippen LogP contribution in [0.3, 0.4) is 0 Å². The second-order valence-electron chi connectivity index (χ2n) is 3.20. The molecule has 0 unspecified atom stereocenters. The minimum absolute atomic E-state index is 0.273. The first-order chi connectivity index (χ1) is 8.19. The summed E-state index contributed by atoms with van der Waals surface area (Å²) in [5.74, 6) is -0.996. The lowest BCUT2D eigenvalue weighted by molar-refractivity contribution is -0.182.